The maximum atomic E-state index is 12.6. The van der Waals surface area contributed by atoms with E-state index in [0.29, 0.717) is 28.1 Å². The van der Waals surface area contributed by atoms with Crippen LogP contribution in [-0.4, -0.2) is 59.4 Å². The van der Waals surface area contributed by atoms with E-state index in [1.54, 1.807) is 6.20 Å². The van der Waals surface area contributed by atoms with Crippen LogP contribution in [-0.2, 0) is 0 Å². The van der Waals surface area contributed by atoms with Crippen LogP contribution >= 0.6 is 0 Å². The van der Waals surface area contributed by atoms with Crippen molar-refractivity contribution in [2.45, 2.75) is 32.1 Å². The zero-order chi connectivity index (χ0) is 22.3. The quantitative estimate of drug-likeness (QED) is 0.562. The molecule has 172 valence electrons. The lowest BCUT2D eigenvalue weighted by Crippen LogP contribution is -2.34. The zero-order valence-electron chi connectivity index (χ0n) is 18.8. The number of H-pyrrole nitrogens is 1. The van der Waals surface area contributed by atoms with Crippen LogP contribution in [0.4, 0.5) is 23.1 Å². The molecule has 2 aromatic heterocycles. The minimum Gasteiger partial charge on any atom is -0.371 e. The van der Waals surface area contributed by atoms with Crippen LogP contribution in [0.15, 0.2) is 35.3 Å². The Labute approximate surface area is 192 Å². The van der Waals surface area contributed by atoms with Gasteiger partial charge in [-0.15, -0.1) is 0 Å². The van der Waals surface area contributed by atoms with Gasteiger partial charge in [0.1, 0.15) is 16.7 Å². The highest BCUT2D eigenvalue weighted by Crippen LogP contribution is 2.53. The topological polar surface area (TPSA) is 102 Å². The average Bonchev–Trinajstić information content (AvgIpc) is 3.64. The summed E-state index contributed by atoms with van der Waals surface area (Å²) in [6, 6.07) is 8.44. The number of hydrogen-bond donors (Lipinski definition) is 3. The molecule has 1 saturated carbocycles. The third-order valence-corrected chi connectivity index (χ3v) is 7.40. The highest BCUT2D eigenvalue weighted by atomic mass is 16.1. The van der Waals surface area contributed by atoms with E-state index < -0.39 is 0 Å². The molecule has 1 aromatic carbocycles. The number of nitrogens with zero attached hydrogens (tertiary/aromatic N) is 5. The van der Waals surface area contributed by atoms with Crippen LogP contribution in [0.1, 0.15) is 32.1 Å². The highest BCUT2D eigenvalue weighted by Gasteiger charge is 2.44. The number of fused-ring (bicyclic) bond motifs is 1. The maximum absolute atomic E-state index is 12.6. The van der Waals surface area contributed by atoms with Crippen molar-refractivity contribution in [2.75, 3.05) is 54.4 Å². The number of hydrogen-bond acceptors (Lipinski definition) is 8. The van der Waals surface area contributed by atoms with Crippen LogP contribution in [0.3, 0.4) is 0 Å². The number of anilines is 4. The van der Waals surface area contributed by atoms with Crippen LogP contribution in [0.2, 0.25) is 0 Å². The lowest BCUT2D eigenvalue weighted by atomic mass is 9.93. The summed E-state index contributed by atoms with van der Waals surface area (Å²) in [4.78, 5) is 26.7. The smallest absolute Gasteiger partial charge is 0.277 e. The molecule has 4 heterocycles. The fraction of sp³-hybridized carbons (Fsp3) is 0.500. The summed E-state index contributed by atoms with van der Waals surface area (Å²) in [7, 11) is 0. The largest absolute Gasteiger partial charge is 0.371 e. The van der Waals surface area contributed by atoms with Gasteiger partial charge in [-0.05, 0) is 68.3 Å². The molecule has 9 nitrogen and oxygen atoms in total. The van der Waals surface area contributed by atoms with Crippen LogP contribution in [0.5, 0.6) is 0 Å². The SMILES string of the molecule is O=c1[nH]ncc2nc(N3CCCNCC3)nc(Nc3ccc(N4CCC5(CC4)CC5)cc3)c12. The molecule has 33 heavy (non-hydrogen) atoms. The second-order valence-electron chi connectivity index (χ2n) is 9.58. The average molecular weight is 447 g/mol. The molecule has 2 saturated heterocycles. The summed E-state index contributed by atoms with van der Waals surface area (Å²) in [6.45, 7) is 5.85. The first-order chi connectivity index (χ1) is 16.2. The standard InChI is InChI=1S/C24H30N8O/c33-22-20-19(16-26-30-22)28-23(32-12-1-10-25-11-15-32)29-21(20)27-17-2-4-18(5-3-17)31-13-8-24(6-7-24)9-14-31/h2-5,16,25H,1,6-15H2,(H,30,33)(H,27,28,29). The van der Waals surface area contributed by atoms with E-state index >= 15 is 0 Å². The monoisotopic (exact) mass is 446 g/mol. The second-order valence-corrected chi connectivity index (χ2v) is 9.58. The molecule has 0 bridgehead atoms. The van der Waals surface area contributed by atoms with Gasteiger partial charge in [0, 0.05) is 44.1 Å². The zero-order valence-corrected chi connectivity index (χ0v) is 18.8. The predicted octanol–water partition coefficient (Wildman–Crippen LogP) is 2.64. The second kappa shape index (κ2) is 8.30. The molecule has 0 unspecified atom stereocenters. The lowest BCUT2D eigenvalue weighted by molar-refractivity contribution is 0.384. The van der Waals surface area contributed by atoms with Crippen molar-refractivity contribution < 1.29 is 0 Å². The molecular formula is C24H30N8O. The molecular weight excluding hydrogens is 416 g/mol. The van der Waals surface area contributed by atoms with Gasteiger partial charge in [0.15, 0.2) is 0 Å². The molecule has 3 aliphatic rings. The molecule has 3 N–H and O–H groups in total. The van der Waals surface area contributed by atoms with Gasteiger partial charge in [-0.1, -0.05) is 0 Å². The molecule has 1 aliphatic carbocycles. The third kappa shape index (κ3) is 4.13. The fourth-order valence-electron chi connectivity index (χ4n) is 5.08. The Balaban J connectivity index is 1.27. The summed E-state index contributed by atoms with van der Waals surface area (Å²) in [6.07, 6.45) is 8.07. The van der Waals surface area contributed by atoms with Gasteiger partial charge in [0.2, 0.25) is 5.95 Å². The Morgan fingerprint density at radius 1 is 0.909 bits per heavy atom. The van der Waals surface area contributed by atoms with Gasteiger partial charge >= 0.3 is 0 Å². The van der Waals surface area contributed by atoms with E-state index in [1.165, 1.54) is 31.4 Å². The first-order valence-electron chi connectivity index (χ1n) is 12.0. The van der Waals surface area contributed by atoms with Crippen molar-refractivity contribution in [3.8, 4) is 0 Å². The molecule has 0 atom stereocenters. The summed E-state index contributed by atoms with van der Waals surface area (Å²) in [5.74, 6) is 1.14. The summed E-state index contributed by atoms with van der Waals surface area (Å²) >= 11 is 0. The van der Waals surface area contributed by atoms with Crippen LogP contribution < -0.4 is 26.0 Å². The fourth-order valence-corrected chi connectivity index (χ4v) is 5.08. The van der Waals surface area contributed by atoms with E-state index in [1.807, 2.05) is 0 Å². The first kappa shape index (κ1) is 20.4. The number of nitrogens with one attached hydrogen (secondary N) is 3. The summed E-state index contributed by atoms with van der Waals surface area (Å²) < 4.78 is 0. The molecule has 6 rings (SSSR count). The maximum Gasteiger partial charge on any atom is 0.277 e. The van der Waals surface area contributed by atoms with Crippen molar-refractivity contribution in [1.82, 2.24) is 25.5 Å². The number of benzene rings is 1. The third-order valence-electron chi connectivity index (χ3n) is 7.40. The Hall–Kier alpha value is -3.20. The van der Waals surface area contributed by atoms with Gasteiger partial charge in [0.25, 0.3) is 5.56 Å². The van der Waals surface area contributed by atoms with E-state index in [2.05, 4.69) is 59.9 Å². The van der Waals surface area contributed by atoms with Crippen molar-refractivity contribution in [2.24, 2.45) is 5.41 Å². The summed E-state index contributed by atoms with van der Waals surface area (Å²) in [5, 5.41) is 13.7. The van der Waals surface area contributed by atoms with Gasteiger partial charge in [-0.25, -0.2) is 10.1 Å². The van der Waals surface area contributed by atoms with Gasteiger partial charge in [-0.3, -0.25) is 4.79 Å². The van der Waals surface area contributed by atoms with Gasteiger partial charge in [0.05, 0.1) is 6.20 Å². The number of piperidine rings is 1. The van der Waals surface area contributed by atoms with Crippen molar-refractivity contribution in [1.29, 1.82) is 0 Å². The van der Waals surface area contributed by atoms with Crippen molar-refractivity contribution in [3.63, 3.8) is 0 Å². The minimum absolute atomic E-state index is 0.293. The van der Waals surface area contributed by atoms with E-state index in [-0.39, 0.29) is 5.56 Å². The minimum atomic E-state index is -0.293. The van der Waals surface area contributed by atoms with E-state index in [0.717, 1.165) is 51.4 Å². The lowest BCUT2D eigenvalue weighted by Gasteiger charge is -2.33. The Kier molecular flexibility index (Phi) is 5.13. The van der Waals surface area contributed by atoms with Crippen molar-refractivity contribution >= 4 is 34.0 Å². The Morgan fingerprint density at radius 2 is 1.73 bits per heavy atom. The van der Waals surface area contributed by atoms with Gasteiger partial charge in [-0.2, -0.15) is 10.1 Å². The summed E-state index contributed by atoms with van der Waals surface area (Å²) in [5.41, 5.74) is 3.08. The molecule has 2 aliphatic heterocycles. The molecule has 0 radical (unpaired) electrons. The Morgan fingerprint density at radius 3 is 2.52 bits per heavy atom. The highest BCUT2D eigenvalue weighted by molar-refractivity contribution is 5.90. The van der Waals surface area contributed by atoms with Crippen LogP contribution in [0.25, 0.3) is 10.9 Å². The van der Waals surface area contributed by atoms with Gasteiger partial charge < -0.3 is 20.4 Å². The van der Waals surface area contributed by atoms with Crippen molar-refractivity contribution in [3.05, 3.63) is 40.8 Å². The van der Waals surface area contributed by atoms with Crippen LogP contribution in [0, 0.1) is 5.41 Å². The van der Waals surface area contributed by atoms with E-state index in [9.17, 15) is 4.79 Å². The predicted molar refractivity (Wildman–Crippen MR) is 130 cm³/mol. The molecule has 3 fully saturated rings. The first-order valence-corrected chi connectivity index (χ1v) is 12.0. The number of rotatable bonds is 4. The molecule has 1 spiro atoms. The number of aromatic nitrogens is 4. The number of aromatic amines is 1. The normalized spacial score (nSPS) is 20.1. The van der Waals surface area contributed by atoms with E-state index in [4.69, 9.17) is 4.98 Å². The molecule has 9 heteroatoms. The molecule has 3 aromatic rings. The Bertz CT molecular complexity index is 1190. The molecule has 0 amide bonds.